The molecule has 1 N–H and O–H groups in total. The number of carbonyl (C=O) groups is 1. The number of nitrogens with zero attached hydrogens (tertiary/aromatic N) is 3. The van der Waals surface area contributed by atoms with Crippen molar-refractivity contribution < 1.29 is 9.72 Å². The SMILES string of the molecule is O=CNc1nc(Cl)c(Cc2ccc([N+](=O)[O-])cc2)c(Cl)n1. The summed E-state index contributed by atoms with van der Waals surface area (Å²) in [7, 11) is 0. The number of amides is 1. The van der Waals surface area contributed by atoms with Crippen LogP contribution in [-0.4, -0.2) is 21.3 Å². The summed E-state index contributed by atoms with van der Waals surface area (Å²) in [6.07, 6.45) is 0.731. The van der Waals surface area contributed by atoms with Gasteiger partial charge >= 0.3 is 0 Å². The molecule has 2 rings (SSSR count). The number of benzene rings is 1. The summed E-state index contributed by atoms with van der Waals surface area (Å²) in [5.41, 5.74) is 1.24. The normalized spacial score (nSPS) is 10.2. The highest BCUT2D eigenvalue weighted by Gasteiger charge is 2.13. The molecule has 0 radical (unpaired) electrons. The third kappa shape index (κ3) is 3.65. The zero-order valence-electron chi connectivity index (χ0n) is 10.4. The van der Waals surface area contributed by atoms with Crippen molar-refractivity contribution in [2.24, 2.45) is 0 Å². The van der Waals surface area contributed by atoms with E-state index in [0.29, 0.717) is 18.4 Å². The first kappa shape index (κ1) is 15.1. The van der Waals surface area contributed by atoms with Crippen molar-refractivity contribution in [1.82, 2.24) is 9.97 Å². The molecule has 0 unspecified atom stereocenters. The van der Waals surface area contributed by atoms with Crippen LogP contribution in [0.15, 0.2) is 24.3 Å². The largest absolute Gasteiger partial charge is 0.297 e. The lowest BCUT2D eigenvalue weighted by Gasteiger charge is -2.07. The summed E-state index contributed by atoms with van der Waals surface area (Å²) >= 11 is 12.0. The molecule has 21 heavy (non-hydrogen) atoms. The number of hydrogen-bond donors (Lipinski definition) is 1. The highest BCUT2D eigenvalue weighted by molar-refractivity contribution is 6.34. The molecule has 0 spiro atoms. The van der Waals surface area contributed by atoms with Crippen LogP contribution in [0.1, 0.15) is 11.1 Å². The highest BCUT2D eigenvalue weighted by Crippen LogP contribution is 2.26. The van der Waals surface area contributed by atoms with Gasteiger partial charge in [-0.3, -0.25) is 20.2 Å². The van der Waals surface area contributed by atoms with E-state index in [9.17, 15) is 14.9 Å². The summed E-state index contributed by atoms with van der Waals surface area (Å²) in [5, 5.41) is 13.1. The van der Waals surface area contributed by atoms with Gasteiger partial charge in [-0.05, 0) is 5.56 Å². The molecule has 0 aliphatic carbocycles. The first-order chi connectivity index (χ1) is 10.0. The average molecular weight is 327 g/mol. The van der Waals surface area contributed by atoms with Gasteiger partial charge in [0.1, 0.15) is 10.3 Å². The number of nitro benzene ring substituents is 1. The zero-order valence-corrected chi connectivity index (χ0v) is 11.9. The molecule has 2 aromatic rings. The van der Waals surface area contributed by atoms with Crippen molar-refractivity contribution in [3.8, 4) is 0 Å². The van der Waals surface area contributed by atoms with Gasteiger partial charge in [0.2, 0.25) is 12.4 Å². The minimum Gasteiger partial charge on any atom is -0.297 e. The number of nitro groups is 1. The van der Waals surface area contributed by atoms with E-state index in [1.165, 1.54) is 12.1 Å². The molecule has 0 saturated heterocycles. The average Bonchev–Trinajstić information content (AvgIpc) is 2.44. The molecule has 0 atom stereocenters. The fourth-order valence-electron chi connectivity index (χ4n) is 1.63. The summed E-state index contributed by atoms with van der Waals surface area (Å²) in [6.45, 7) is 0. The van der Waals surface area contributed by atoms with Gasteiger partial charge < -0.3 is 0 Å². The van der Waals surface area contributed by atoms with E-state index in [-0.39, 0.29) is 21.9 Å². The first-order valence-corrected chi connectivity index (χ1v) is 6.42. The maximum absolute atomic E-state index is 10.6. The number of anilines is 1. The molecule has 0 saturated carbocycles. The van der Waals surface area contributed by atoms with Crippen molar-refractivity contribution in [3.05, 3.63) is 55.8 Å². The van der Waals surface area contributed by atoms with Gasteiger partial charge in [0.15, 0.2) is 0 Å². The maximum atomic E-state index is 10.6. The topological polar surface area (TPSA) is 98.0 Å². The van der Waals surface area contributed by atoms with E-state index in [4.69, 9.17) is 23.2 Å². The number of nitrogens with one attached hydrogen (secondary N) is 1. The quantitative estimate of drug-likeness (QED) is 0.394. The van der Waals surface area contributed by atoms with Crippen LogP contribution in [0.2, 0.25) is 10.3 Å². The summed E-state index contributed by atoms with van der Waals surface area (Å²) in [4.78, 5) is 28.2. The second-order valence-electron chi connectivity index (χ2n) is 3.97. The first-order valence-electron chi connectivity index (χ1n) is 5.66. The van der Waals surface area contributed by atoms with E-state index in [1.54, 1.807) is 12.1 Å². The van der Waals surface area contributed by atoms with E-state index in [1.807, 2.05) is 0 Å². The van der Waals surface area contributed by atoms with Crippen molar-refractivity contribution in [2.45, 2.75) is 6.42 Å². The monoisotopic (exact) mass is 326 g/mol. The van der Waals surface area contributed by atoms with Crippen LogP contribution in [0.3, 0.4) is 0 Å². The van der Waals surface area contributed by atoms with Crippen molar-refractivity contribution in [3.63, 3.8) is 0 Å². The number of aromatic nitrogens is 2. The molecule has 7 nitrogen and oxygen atoms in total. The summed E-state index contributed by atoms with van der Waals surface area (Å²) in [6, 6.07) is 5.98. The van der Waals surface area contributed by atoms with E-state index in [0.717, 1.165) is 5.56 Å². The van der Waals surface area contributed by atoms with E-state index < -0.39 is 4.92 Å². The Morgan fingerprint density at radius 1 is 1.19 bits per heavy atom. The van der Waals surface area contributed by atoms with Crippen LogP contribution in [0.25, 0.3) is 0 Å². The lowest BCUT2D eigenvalue weighted by Crippen LogP contribution is -2.04. The molecule has 0 aliphatic rings. The summed E-state index contributed by atoms with van der Waals surface area (Å²) in [5.74, 6) is 0.00690. The minimum absolute atomic E-state index is 0.00211. The molecule has 108 valence electrons. The second-order valence-corrected chi connectivity index (χ2v) is 4.69. The van der Waals surface area contributed by atoms with Gasteiger partial charge in [-0.2, -0.15) is 0 Å². The number of hydrogen-bond acceptors (Lipinski definition) is 5. The third-order valence-corrected chi connectivity index (χ3v) is 3.25. The number of rotatable bonds is 5. The van der Waals surface area contributed by atoms with Gasteiger partial charge in [-0.15, -0.1) is 0 Å². The van der Waals surface area contributed by atoms with Crippen molar-refractivity contribution in [1.29, 1.82) is 0 Å². The highest BCUT2D eigenvalue weighted by atomic mass is 35.5. The minimum atomic E-state index is -0.479. The van der Waals surface area contributed by atoms with Gasteiger partial charge in [0.25, 0.3) is 5.69 Å². The molecule has 0 fully saturated rings. The van der Waals surface area contributed by atoms with Crippen molar-refractivity contribution >= 4 is 41.2 Å². The van der Waals surface area contributed by atoms with Gasteiger partial charge in [0.05, 0.1) is 4.92 Å². The molecular formula is C12H8Cl2N4O3. The maximum Gasteiger partial charge on any atom is 0.269 e. The van der Waals surface area contributed by atoms with Crippen molar-refractivity contribution in [2.75, 3.05) is 5.32 Å². The Morgan fingerprint density at radius 2 is 1.76 bits per heavy atom. The number of non-ortho nitro benzene ring substituents is 1. The van der Waals surface area contributed by atoms with Crippen LogP contribution < -0.4 is 5.32 Å². The fraction of sp³-hybridized carbons (Fsp3) is 0.0833. The van der Waals surface area contributed by atoms with E-state index >= 15 is 0 Å². The Labute approximate surface area is 129 Å². The van der Waals surface area contributed by atoms with Crippen LogP contribution in [0.5, 0.6) is 0 Å². The molecule has 1 amide bonds. The fourth-order valence-corrected chi connectivity index (χ4v) is 2.15. The predicted molar refractivity (Wildman–Crippen MR) is 77.6 cm³/mol. The van der Waals surface area contributed by atoms with E-state index in [2.05, 4.69) is 15.3 Å². The Kier molecular flexibility index (Phi) is 4.66. The number of carbonyl (C=O) groups excluding carboxylic acids is 1. The standard InChI is InChI=1S/C12H8Cl2N4O3/c13-10-9(11(14)17-12(16-10)15-6-19)5-7-1-3-8(4-2-7)18(20)21/h1-4,6H,5H2,(H,15,16,17,19). The summed E-state index contributed by atoms with van der Waals surface area (Å²) < 4.78 is 0. The van der Waals surface area contributed by atoms with Crippen LogP contribution >= 0.6 is 23.2 Å². The molecular weight excluding hydrogens is 319 g/mol. The van der Waals surface area contributed by atoms with Crippen LogP contribution in [-0.2, 0) is 11.2 Å². The molecule has 1 aromatic carbocycles. The Balaban J connectivity index is 2.26. The Morgan fingerprint density at radius 3 is 2.24 bits per heavy atom. The molecule has 1 heterocycles. The molecule has 0 bridgehead atoms. The lowest BCUT2D eigenvalue weighted by atomic mass is 10.1. The van der Waals surface area contributed by atoms with Gasteiger partial charge in [-0.25, -0.2) is 9.97 Å². The van der Waals surface area contributed by atoms with Crippen LogP contribution in [0.4, 0.5) is 11.6 Å². The molecule has 9 heteroatoms. The van der Waals surface area contributed by atoms with Crippen LogP contribution in [0, 0.1) is 10.1 Å². The molecule has 1 aromatic heterocycles. The zero-order chi connectivity index (χ0) is 15.4. The number of halogens is 2. The Hall–Kier alpha value is -2.25. The lowest BCUT2D eigenvalue weighted by molar-refractivity contribution is -0.384. The third-order valence-electron chi connectivity index (χ3n) is 2.62. The smallest absolute Gasteiger partial charge is 0.269 e. The predicted octanol–water partition coefficient (Wildman–Crippen LogP) is 2.85. The second kappa shape index (κ2) is 6.47. The molecule has 0 aliphatic heterocycles. The van der Waals surface area contributed by atoms with Gasteiger partial charge in [0, 0.05) is 24.1 Å². The van der Waals surface area contributed by atoms with Gasteiger partial charge in [-0.1, -0.05) is 35.3 Å². The Bertz CT molecular complexity index is 668.